The van der Waals surface area contributed by atoms with Crippen molar-refractivity contribution in [3.8, 4) is 0 Å². The van der Waals surface area contributed by atoms with E-state index in [1.54, 1.807) is 12.2 Å². The monoisotopic (exact) mass is 292 g/mol. The van der Waals surface area contributed by atoms with Crippen molar-refractivity contribution in [2.75, 3.05) is 19.5 Å². The van der Waals surface area contributed by atoms with Gasteiger partial charge in [-0.3, -0.25) is 14.1 Å². The van der Waals surface area contributed by atoms with E-state index in [4.69, 9.17) is 9.29 Å². The van der Waals surface area contributed by atoms with Crippen molar-refractivity contribution in [1.29, 1.82) is 0 Å². The smallest absolute Gasteiger partial charge is 0.310 e. The molecule has 0 aromatic carbocycles. The predicted molar refractivity (Wildman–Crippen MR) is 64.7 cm³/mol. The number of rotatable bonds is 5. The van der Waals surface area contributed by atoms with Crippen molar-refractivity contribution in [2.24, 2.45) is 11.8 Å². The van der Waals surface area contributed by atoms with Crippen LogP contribution in [0.5, 0.6) is 0 Å². The molecule has 7 nitrogen and oxygen atoms in total. The molecule has 1 rings (SSSR count). The molecule has 0 saturated heterocycles. The van der Waals surface area contributed by atoms with Crippen LogP contribution in [0.2, 0.25) is 0 Å². The Kier molecular flexibility index (Phi) is 5.49. The normalized spacial score (nSPS) is 22.8. The zero-order chi connectivity index (χ0) is 14.5. The van der Waals surface area contributed by atoms with Gasteiger partial charge in [0.15, 0.2) is 0 Å². The van der Waals surface area contributed by atoms with Crippen LogP contribution in [-0.2, 0) is 29.2 Å². The lowest BCUT2D eigenvalue weighted by molar-refractivity contribution is -0.159. The van der Waals surface area contributed by atoms with Gasteiger partial charge in [-0.25, -0.2) is 0 Å². The minimum absolute atomic E-state index is 0.338. The average molecular weight is 292 g/mol. The molecule has 0 fully saturated rings. The lowest BCUT2D eigenvalue weighted by Gasteiger charge is -2.24. The summed E-state index contributed by atoms with van der Waals surface area (Å²) in [6, 6.07) is 0. The second-order valence-corrected chi connectivity index (χ2v) is 5.70. The molecule has 8 heteroatoms. The molecule has 0 saturated carbocycles. The highest BCUT2D eigenvalue weighted by molar-refractivity contribution is 7.85. The van der Waals surface area contributed by atoms with Gasteiger partial charge in [0.05, 0.1) is 18.9 Å². The summed E-state index contributed by atoms with van der Waals surface area (Å²) in [4.78, 5) is 23.3. The molecule has 0 amide bonds. The Balaban J connectivity index is 2.58. The number of hydrogen-bond acceptors (Lipinski definition) is 6. The Morgan fingerprint density at radius 3 is 2.21 bits per heavy atom. The number of allylic oxidation sites excluding steroid dienone is 2. The van der Waals surface area contributed by atoms with Gasteiger partial charge < -0.3 is 9.47 Å². The second kappa shape index (κ2) is 6.67. The zero-order valence-corrected chi connectivity index (χ0v) is 11.3. The van der Waals surface area contributed by atoms with Crippen molar-refractivity contribution in [2.45, 2.75) is 12.8 Å². The number of carbonyl (C=O) groups is 2. The third-order valence-corrected chi connectivity index (χ3v) is 3.51. The molecule has 0 heterocycles. The van der Waals surface area contributed by atoms with E-state index < -0.39 is 46.3 Å². The lowest BCUT2D eigenvalue weighted by atomic mass is 9.83. The van der Waals surface area contributed by atoms with E-state index in [2.05, 4.69) is 4.74 Å². The highest BCUT2D eigenvalue weighted by Gasteiger charge is 2.35. The molecular formula is C11H16O7S. The fraction of sp³-hybridized carbons (Fsp3) is 0.636. The van der Waals surface area contributed by atoms with Crippen LogP contribution >= 0.6 is 0 Å². The van der Waals surface area contributed by atoms with Crippen molar-refractivity contribution in [3.63, 3.8) is 0 Å². The molecule has 19 heavy (non-hydrogen) atoms. The van der Waals surface area contributed by atoms with Crippen LogP contribution in [0.15, 0.2) is 12.2 Å². The van der Waals surface area contributed by atoms with Crippen LogP contribution in [-0.4, -0.2) is 44.4 Å². The van der Waals surface area contributed by atoms with Gasteiger partial charge in [0, 0.05) is 0 Å². The number of hydrogen-bond donors (Lipinski definition) is 1. The average Bonchev–Trinajstić information content (AvgIpc) is 2.36. The van der Waals surface area contributed by atoms with Crippen LogP contribution in [0.3, 0.4) is 0 Å². The molecule has 0 spiro atoms. The van der Waals surface area contributed by atoms with Gasteiger partial charge in [-0.05, 0) is 12.8 Å². The third kappa shape index (κ3) is 4.99. The topological polar surface area (TPSA) is 107 Å². The first-order valence-electron chi connectivity index (χ1n) is 5.70. The van der Waals surface area contributed by atoms with Gasteiger partial charge in [-0.15, -0.1) is 0 Å². The fourth-order valence-corrected chi connectivity index (χ4v) is 2.14. The fourth-order valence-electron chi connectivity index (χ4n) is 1.84. The molecular weight excluding hydrogens is 276 g/mol. The van der Waals surface area contributed by atoms with Crippen LogP contribution in [0, 0.1) is 11.8 Å². The van der Waals surface area contributed by atoms with Crippen molar-refractivity contribution in [3.05, 3.63) is 12.2 Å². The summed E-state index contributed by atoms with van der Waals surface area (Å²) in [5, 5.41) is 0. The maximum Gasteiger partial charge on any atom is 0.310 e. The van der Waals surface area contributed by atoms with E-state index in [0.29, 0.717) is 12.8 Å². The molecule has 2 unspecified atom stereocenters. The van der Waals surface area contributed by atoms with Crippen LogP contribution in [0.4, 0.5) is 0 Å². The Morgan fingerprint density at radius 2 is 1.74 bits per heavy atom. The second-order valence-electron chi connectivity index (χ2n) is 4.13. The molecule has 0 aromatic heterocycles. The van der Waals surface area contributed by atoms with E-state index in [9.17, 15) is 18.0 Å². The largest absolute Gasteiger partial charge is 0.469 e. The first-order chi connectivity index (χ1) is 8.85. The summed E-state index contributed by atoms with van der Waals surface area (Å²) in [6.45, 7) is -0.439. The van der Waals surface area contributed by atoms with E-state index in [1.807, 2.05) is 0 Å². The van der Waals surface area contributed by atoms with Crippen molar-refractivity contribution < 1.29 is 32.0 Å². The van der Waals surface area contributed by atoms with Gasteiger partial charge in [-0.1, -0.05) is 12.2 Å². The van der Waals surface area contributed by atoms with E-state index in [-0.39, 0.29) is 0 Å². The minimum atomic E-state index is -4.17. The quantitative estimate of drug-likeness (QED) is 0.437. The number of esters is 2. The Labute approximate surface area is 111 Å². The van der Waals surface area contributed by atoms with Crippen LogP contribution in [0.25, 0.3) is 0 Å². The van der Waals surface area contributed by atoms with Gasteiger partial charge in [-0.2, -0.15) is 8.42 Å². The third-order valence-electron chi connectivity index (χ3n) is 2.82. The van der Waals surface area contributed by atoms with Crippen molar-refractivity contribution in [1.82, 2.24) is 0 Å². The maximum absolute atomic E-state index is 11.8. The Bertz CT molecular complexity index is 465. The molecule has 108 valence electrons. The van der Waals surface area contributed by atoms with Crippen LogP contribution in [0.1, 0.15) is 12.8 Å². The molecule has 1 N–H and O–H groups in total. The summed E-state index contributed by atoms with van der Waals surface area (Å²) in [5.41, 5.74) is 0. The van der Waals surface area contributed by atoms with Crippen LogP contribution < -0.4 is 0 Å². The van der Waals surface area contributed by atoms with E-state index >= 15 is 0 Å². The zero-order valence-electron chi connectivity index (χ0n) is 10.4. The summed E-state index contributed by atoms with van der Waals surface area (Å²) >= 11 is 0. The minimum Gasteiger partial charge on any atom is -0.469 e. The SMILES string of the molecule is COC(=O)C1CC=CCC1C(=O)OCCS(=O)(=O)O. The van der Waals surface area contributed by atoms with Gasteiger partial charge in [0.2, 0.25) is 0 Å². The molecule has 0 bridgehead atoms. The maximum atomic E-state index is 11.8. The molecule has 0 aliphatic heterocycles. The molecule has 2 atom stereocenters. The molecule has 0 aromatic rings. The Hall–Kier alpha value is -1.41. The van der Waals surface area contributed by atoms with Crippen molar-refractivity contribution >= 4 is 22.1 Å². The van der Waals surface area contributed by atoms with Gasteiger partial charge >= 0.3 is 11.9 Å². The van der Waals surface area contributed by atoms with E-state index in [0.717, 1.165) is 0 Å². The summed E-state index contributed by atoms with van der Waals surface area (Å²) in [5.74, 6) is -3.12. The first kappa shape index (κ1) is 15.6. The summed E-state index contributed by atoms with van der Waals surface area (Å²) in [6.07, 6.45) is 4.26. The Morgan fingerprint density at radius 1 is 1.21 bits per heavy atom. The van der Waals surface area contributed by atoms with Gasteiger partial charge in [0.1, 0.15) is 12.4 Å². The molecule has 0 radical (unpaired) electrons. The summed E-state index contributed by atoms with van der Waals surface area (Å²) in [7, 11) is -2.93. The van der Waals surface area contributed by atoms with E-state index in [1.165, 1.54) is 7.11 Å². The first-order valence-corrected chi connectivity index (χ1v) is 7.30. The number of carbonyl (C=O) groups excluding carboxylic acids is 2. The highest BCUT2D eigenvalue weighted by atomic mass is 32.2. The number of methoxy groups -OCH3 is 1. The lowest BCUT2D eigenvalue weighted by Crippen LogP contribution is -2.33. The number of ether oxygens (including phenoxy) is 2. The predicted octanol–water partition coefficient (Wildman–Crippen LogP) is 0.173. The molecule has 1 aliphatic rings. The summed E-state index contributed by atoms with van der Waals surface area (Å²) < 4.78 is 38.9. The standard InChI is InChI=1S/C11H16O7S/c1-17-10(12)8-4-2-3-5-9(8)11(13)18-6-7-19(14,15)16/h2-3,8-9H,4-7H2,1H3,(H,14,15,16). The molecule has 1 aliphatic carbocycles. The highest BCUT2D eigenvalue weighted by Crippen LogP contribution is 2.27. The van der Waals surface area contributed by atoms with Gasteiger partial charge in [0.25, 0.3) is 10.1 Å².